The predicted octanol–water partition coefficient (Wildman–Crippen LogP) is 5.15. The Labute approximate surface area is 170 Å². The first-order chi connectivity index (χ1) is 13.8. The van der Waals surface area contributed by atoms with E-state index in [1.165, 1.54) is 24.3 Å². The Morgan fingerprint density at radius 3 is 2.10 bits per heavy atom. The largest absolute Gasteiger partial charge is 0.573 e. The third-order valence-electron chi connectivity index (χ3n) is 4.65. The molecule has 152 valence electrons. The van der Waals surface area contributed by atoms with Crippen LogP contribution < -0.4 is 15.4 Å². The molecule has 1 heterocycles. The normalized spacial score (nSPS) is 16.2. The van der Waals surface area contributed by atoms with Crippen molar-refractivity contribution in [3.05, 3.63) is 36.4 Å². The van der Waals surface area contributed by atoms with Crippen molar-refractivity contribution in [2.24, 2.45) is 11.8 Å². The molecule has 2 saturated carbocycles. The van der Waals surface area contributed by atoms with Gasteiger partial charge in [-0.25, -0.2) is 4.98 Å². The molecule has 0 bridgehead atoms. The van der Waals surface area contributed by atoms with Crippen LogP contribution in [0.2, 0.25) is 0 Å². The Morgan fingerprint density at radius 2 is 1.55 bits per heavy atom. The summed E-state index contributed by atoms with van der Waals surface area (Å²) in [4.78, 5) is 17.2. The molecular weight excluding hydrogens is 403 g/mol. The molecule has 29 heavy (non-hydrogen) atoms. The van der Waals surface area contributed by atoms with E-state index in [4.69, 9.17) is 12.2 Å². The third kappa shape index (κ3) is 5.44. The van der Waals surface area contributed by atoms with E-state index in [0.29, 0.717) is 33.7 Å². The van der Waals surface area contributed by atoms with Gasteiger partial charge < -0.3 is 15.4 Å². The van der Waals surface area contributed by atoms with Crippen molar-refractivity contribution in [2.45, 2.75) is 32.0 Å². The molecule has 1 amide bonds. The van der Waals surface area contributed by atoms with Gasteiger partial charge in [0.05, 0.1) is 4.99 Å². The SMILES string of the molecule is O=C(Nc1cc(-c2ccc(OC(F)(F)F)cc2)cc(NC(=S)C2CC2)n1)C1CC1. The van der Waals surface area contributed by atoms with Crippen LogP contribution >= 0.6 is 12.2 Å². The summed E-state index contributed by atoms with van der Waals surface area (Å²) in [5.41, 5.74) is 1.34. The van der Waals surface area contributed by atoms with E-state index in [0.717, 1.165) is 25.7 Å². The molecule has 0 radical (unpaired) electrons. The molecule has 0 spiro atoms. The van der Waals surface area contributed by atoms with E-state index in [-0.39, 0.29) is 17.6 Å². The topological polar surface area (TPSA) is 63.2 Å². The molecule has 0 aliphatic heterocycles. The van der Waals surface area contributed by atoms with Crippen molar-refractivity contribution in [3.63, 3.8) is 0 Å². The fourth-order valence-corrected chi connectivity index (χ4v) is 3.16. The number of halogens is 3. The predicted molar refractivity (Wildman–Crippen MR) is 107 cm³/mol. The van der Waals surface area contributed by atoms with Crippen molar-refractivity contribution >= 4 is 34.7 Å². The van der Waals surface area contributed by atoms with Crippen LogP contribution in [-0.4, -0.2) is 22.2 Å². The minimum absolute atomic E-state index is 0.0169. The number of benzene rings is 1. The van der Waals surface area contributed by atoms with Crippen molar-refractivity contribution < 1.29 is 22.7 Å². The number of nitrogens with zero attached hydrogens (tertiary/aromatic N) is 1. The van der Waals surface area contributed by atoms with Gasteiger partial charge in [-0.2, -0.15) is 0 Å². The highest BCUT2D eigenvalue weighted by molar-refractivity contribution is 7.80. The highest BCUT2D eigenvalue weighted by Crippen LogP contribution is 2.34. The van der Waals surface area contributed by atoms with E-state index in [1.54, 1.807) is 12.1 Å². The zero-order valence-electron chi connectivity index (χ0n) is 15.3. The van der Waals surface area contributed by atoms with Crippen LogP contribution in [0.3, 0.4) is 0 Å². The summed E-state index contributed by atoms with van der Waals surface area (Å²) in [6.07, 6.45) is -0.935. The zero-order valence-corrected chi connectivity index (χ0v) is 16.1. The van der Waals surface area contributed by atoms with E-state index < -0.39 is 6.36 Å². The molecule has 2 aromatic rings. The number of aromatic nitrogens is 1. The first-order valence-electron chi connectivity index (χ1n) is 9.27. The molecule has 2 aliphatic rings. The van der Waals surface area contributed by atoms with Gasteiger partial charge in [-0.05, 0) is 61.1 Å². The number of alkyl halides is 3. The van der Waals surface area contributed by atoms with Crippen LogP contribution in [0.1, 0.15) is 25.7 Å². The lowest BCUT2D eigenvalue weighted by molar-refractivity contribution is -0.274. The number of hydrogen-bond donors (Lipinski definition) is 2. The smallest absolute Gasteiger partial charge is 0.406 e. The molecule has 2 aliphatic carbocycles. The van der Waals surface area contributed by atoms with Gasteiger partial charge in [-0.3, -0.25) is 4.79 Å². The first-order valence-corrected chi connectivity index (χ1v) is 9.68. The Balaban J connectivity index is 1.59. The minimum Gasteiger partial charge on any atom is -0.406 e. The summed E-state index contributed by atoms with van der Waals surface area (Å²) >= 11 is 5.37. The molecule has 1 aromatic carbocycles. The molecule has 0 unspecified atom stereocenters. The minimum atomic E-state index is -4.74. The second-order valence-electron chi connectivity index (χ2n) is 7.23. The van der Waals surface area contributed by atoms with Crippen molar-refractivity contribution in [3.8, 4) is 16.9 Å². The molecule has 5 nitrogen and oxygen atoms in total. The van der Waals surface area contributed by atoms with E-state index in [9.17, 15) is 18.0 Å². The van der Waals surface area contributed by atoms with Crippen molar-refractivity contribution in [2.75, 3.05) is 10.6 Å². The number of nitrogens with one attached hydrogen (secondary N) is 2. The zero-order chi connectivity index (χ0) is 20.6. The lowest BCUT2D eigenvalue weighted by atomic mass is 10.1. The van der Waals surface area contributed by atoms with Gasteiger partial charge in [-0.15, -0.1) is 13.2 Å². The van der Waals surface area contributed by atoms with E-state index in [1.807, 2.05) is 0 Å². The summed E-state index contributed by atoms with van der Waals surface area (Å²) in [5, 5.41) is 5.92. The summed E-state index contributed by atoms with van der Waals surface area (Å²) in [7, 11) is 0. The average molecular weight is 421 g/mol. The molecule has 2 N–H and O–H groups in total. The molecule has 9 heteroatoms. The summed E-state index contributed by atoms with van der Waals surface area (Å²) in [5.74, 6) is 0.837. The lowest BCUT2D eigenvalue weighted by Crippen LogP contribution is -2.17. The van der Waals surface area contributed by atoms with E-state index in [2.05, 4.69) is 20.4 Å². The van der Waals surface area contributed by atoms with Gasteiger partial charge in [0.25, 0.3) is 0 Å². The Hall–Kier alpha value is -2.68. The average Bonchev–Trinajstić information content (AvgIpc) is 3.54. The maximum absolute atomic E-state index is 12.4. The number of carbonyl (C=O) groups is 1. The quantitative estimate of drug-likeness (QED) is 0.632. The van der Waals surface area contributed by atoms with Gasteiger partial charge >= 0.3 is 6.36 Å². The fourth-order valence-electron chi connectivity index (χ4n) is 2.82. The molecule has 0 saturated heterocycles. The fraction of sp³-hybridized carbons (Fsp3) is 0.350. The summed E-state index contributed by atoms with van der Waals surface area (Å²) < 4.78 is 41.0. The van der Waals surface area contributed by atoms with Crippen LogP contribution in [0.5, 0.6) is 5.75 Å². The Bertz CT molecular complexity index is 895. The van der Waals surface area contributed by atoms with Crippen LogP contribution in [0.4, 0.5) is 24.8 Å². The maximum Gasteiger partial charge on any atom is 0.573 e. The standard InChI is InChI=1S/C20H18F3N3O2S/c21-20(22,23)28-15-7-5-11(6-8-15)14-9-16(25-18(27)12-1-2-12)24-17(10-14)26-19(29)13-3-4-13/h5-10,12-13H,1-4H2,(H2,24,25,26,27,29). The van der Waals surface area contributed by atoms with Crippen LogP contribution in [0.25, 0.3) is 11.1 Å². The van der Waals surface area contributed by atoms with Crippen molar-refractivity contribution in [1.29, 1.82) is 0 Å². The highest BCUT2D eigenvalue weighted by atomic mass is 32.1. The van der Waals surface area contributed by atoms with Crippen LogP contribution in [0, 0.1) is 11.8 Å². The van der Waals surface area contributed by atoms with Gasteiger partial charge in [0.1, 0.15) is 17.4 Å². The number of amides is 1. The number of anilines is 2. The maximum atomic E-state index is 12.4. The molecule has 4 rings (SSSR count). The van der Waals surface area contributed by atoms with Gasteiger partial charge in [0, 0.05) is 11.8 Å². The second-order valence-corrected chi connectivity index (χ2v) is 7.67. The number of pyridine rings is 1. The number of carbonyl (C=O) groups excluding carboxylic acids is 1. The van der Waals surface area contributed by atoms with Crippen LogP contribution in [-0.2, 0) is 4.79 Å². The summed E-state index contributed by atoms with van der Waals surface area (Å²) in [6, 6.07) is 8.96. The highest BCUT2D eigenvalue weighted by Gasteiger charge is 2.31. The number of hydrogen-bond acceptors (Lipinski definition) is 4. The lowest BCUT2D eigenvalue weighted by Gasteiger charge is -2.13. The second kappa shape index (κ2) is 7.62. The van der Waals surface area contributed by atoms with Gasteiger partial charge in [0.2, 0.25) is 5.91 Å². The monoisotopic (exact) mass is 421 g/mol. The third-order valence-corrected chi connectivity index (χ3v) is 5.08. The molecule has 1 aromatic heterocycles. The van der Waals surface area contributed by atoms with Crippen LogP contribution in [0.15, 0.2) is 36.4 Å². The van der Waals surface area contributed by atoms with E-state index >= 15 is 0 Å². The first kappa shape index (κ1) is 19.6. The van der Waals surface area contributed by atoms with Gasteiger partial charge in [0.15, 0.2) is 0 Å². The number of rotatable bonds is 6. The molecule has 2 fully saturated rings. The Morgan fingerprint density at radius 1 is 0.966 bits per heavy atom. The number of ether oxygens (including phenoxy) is 1. The van der Waals surface area contributed by atoms with Gasteiger partial charge in [-0.1, -0.05) is 24.4 Å². The van der Waals surface area contributed by atoms with Crippen molar-refractivity contribution in [1.82, 2.24) is 4.98 Å². The molecular formula is C20H18F3N3O2S. The Kier molecular flexibility index (Phi) is 5.16. The summed E-state index contributed by atoms with van der Waals surface area (Å²) in [6.45, 7) is 0. The molecule has 0 atom stereocenters. The number of thiocarbonyl (C=S) groups is 1.